The van der Waals surface area contributed by atoms with Gasteiger partial charge in [0.15, 0.2) is 0 Å². The average Bonchev–Trinajstić information content (AvgIpc) is 2.49. The van der Waals surface area contributed by atoms with Gasteiger partial charge in [-0.15, -0.1) is 0 Å². The number of anilines is 1. The summed E-state index contributed by atoms with van der Waals surface area (Å²) in [6.45, 7) is 2.02. The van der Waals surface area contributed by atoms with Crippen molar-refractivity contribution in [2.75, 3.05) is 18.0 Å². The number of rotatable bonds is 2. The molecule has 3 rings (SSSR count). The van der Waals surface area contributed by atoms with Gasteiger partial charge in [-0.25, -0.2) is 9.78 Å². The lowest BCUT2D eigenvalue weighted by atomic mass is 9.68. The standard InChI is InChI=1S/C16H22N2O2/c19-15(20)13-4-9-17-14(12-13)18-10-7-16(8-11-18)5-2-1-3-6-16/h4,9,12H,1-3,5-8,10-11H2,(H,19,20). The Balaban J connectivity index is 1.68. The average molecular weight is 274 g/mol. The molecule has 20 heavy (non-hydrogen) atoms. The second kappa shape index (κ2) is 5.43. The molecule has 4 nitrogen and oxygen atoms in total. The molecule has 1 aliphatic heterocycles. The highest BCUT2D eigenvalue weighted by Crippen LogP contribution is 2.44. The summed E-state index contributed by atoms with van der Waals surface area (Å²) in [6, 6.07) is 3.25. The van der Waals surface area contributed by atoms with Crippen molar-refractivity contribution in [2.45, 2.75) is 44.9 Å². The number of hydrogen-bond donors (Lipinski definition) is 1. The SMILES string of the molecule is O=C(O)c1ccnc(N2CCC3(CCCCC3)CC2)c1. The van der Waals surface area contributed by atoms with Crippen molar-refractivity contribution in [1.82, 2.24) is 4.98 Å². The van der Waals surface area contributed by atoms with Gasteiger partial charge < -0.3 is 10.0 Å². The number of carboxylic acids is 1. The number of carbonyl (C=O) groups is 1. The van der Waals surface area contributed by atoms with Crippen LogP contribution in [0.4, 0.5) is 5.82 Å². The third kappa shape index (κ3) is 2.65. The smallest absolute Gasteiger partial charge is 0.335 e. The zero-order chi connectivity index (χ0) is 14.0. The van der Waals surface area contributed by atoms with E-state index in [9.17, 15) is 4.79 Å². The molecule has 0 radical (unpaired) electrons. The largest absolute Gasteiger partial charge is 0.478 e. The Kier molecular flexibility index (Phi) is 3.64. The van der Waals surface area contributed by atoms with Gasteiger partial charge in [0.2, 0.25) is 0 Å². The van der Waals surface area contributed by atoms with Crippen molar-refractivity contribution in [1.29, 1.82) is 0 Å². The van der Waals surface area contributed by atoms with Gasteiger partial charge in [0, 0.05) is 19.3 Å². The van der Waals surface area contributed by atoms with Crippen LogP contribution in [0.15, 0.2) is 18.3 Å². The highest BCUT2D eigenvalue weighted by Gasteiger charge is 2.35. The second-order valence-electron chi connectivity index (χ2n) is 6.26. The van der Waals surface area contributed by atoms with Gasteiger partial charge in [0.1, 0.15) is 5.82 Å². The van der Waals surface area contributed by atoms with Crippen molar-refractivity contribution in [3.63, 3.8) is 0 Å². The molecule has 0 unspecified atom stereocenters. The fourth-order valence-corrected chi connectivity index (χ4v) is 3.74. The van der Waals surface area contributed by atoms with Crippen LogP contribution in [0.3, 0.4) is 0 Å². The first-order chi connectivity index (χ1) is 9.69. The first-order valence-corrected chi connectivity index (χ1v) is 7.63. The van der Waals surface area contributed by atoms with Gasteiger partial charge in [0.25, 0.3) is 0 Å². The topological polar surface area (TPSA) is 53.4 Å². The van der Waals surface area contributed by atoms with Crippen LogP contribution in [0, 0.1) is 5.41 Å². The number of hydrogen-bond acceptors (Lipinski definition) is 3. The lowest BCUT2D eigenvalue weighted by Gasteiger charge is -2.44. The van der Waals surface area contributed by atoms with Crippen LogP contribution in [0.5, 0.6) is 0 Å². The van der Waals surface area contributed by atoms with E-state index in [-0.39, 0.29) is 0 Å². The molecule has 0 amide bonds. The van der Waals surface area contributed by atoms with E-state index in [4.69, 9.17) is 5.11 Å². The Bertz CT molecular complexity index is 485. The molecule has 2 heterocycles. The van der Waals surface area contributed by atoms with Crippen molar-refractivity contribution in [2.24, 2.45) is 5.41 Å². The normalized spacial score (nSPS) is 21.9. The van der Waals surface area contributed by atoms with Crippen LogP contribution < -0.4 is 4.90 Å². The fourth-order valence-electron chi connectivity index (χ4n) is 3.74. The summed E-state index contributed by atoms with van der Waals surface area (Å²) in [5.74, 6) is -0.0648. The Hall–Kier alpha value is -1.58. The van der Waals surface area contributed by atoms with Crippen molar-refractivity contribution in [3.8, 4) is 0 Å². The number of aromatic carboxylic acids is 1. The molecular weight excluding hydrogens is 252 g/mol. The van der Waals surface area contributed by atoms with E-state index in [1.807, 2.05) is 0 Å². The Labute approximate surface area is 119 Å². The summed E-state index contributed by atoms with van der Waals surface area (Å²) in [5, 5.41) is 9.06. The van der Waals surface area contributed by atoms with Crippen molar-refractivity contribution >= 4 is 11.8 Å². The molecule has 0 bridgehead atoms. The zero-order valence-electron chi connectivity index (χ0n) is 11.8. The van der Waals surface area contributed by atoms with Gasteiger partial charge in [0.05, 0.1) is 5.56 Å². The summed E-state index contributed by atoms with van der Waals surface area (Å²) in [4.78, 5) is 17.6. The molecule has 0 atom stereocenters. The molecule has 1 N–H and O–H groups in total. The highest BCUT2D eigenvalue weighted by atomic mass is 16.4. The summed E-state index contributed by atoms with van der Waals surface area (Å²) in [5.41, 5.74) is 0.895. The van der Waals surface area contributed by atoms with E-state index < -0.39 is 5.97 Å². The molecule has 2 fully saturated rings. The minimum Gasteiger partial charge on any atom is -0.478 e. The summed E-state index contributed by atoms with van der Waals surface area (Å²) in [7, 11) is 0. The van der Waals surface area contributed by atoms with Gasteiger partial charge in [-0.1, -0.05) is 19.3 Å². The minimum absolute atomic E-state index is 0.327. The van der Waals surface area contributed by atoms with E-state index in [1.165, 1.54) is 44.9 Å². The van der Waals surface area contributed by atoms with Crippen LogP contribution in [0.25, 0.3) is 0 Å². The van der Waals surface area contributed by atoms with E-state index in [1.54, 1.807) is 18.3 Å². The molecule has 2 aliphatic rings. The second-order valence-corrected chi connectivity index (χ2v) is 6.26. The molecule has 1 saturated heterocycles. The van der Waals surface area contributed by atoms with Gasteiger partial charge in [-0.05, 0) is 43.2 Å². The maximum atomic E-state index is 11.0. The molecule has 1 spiro atoms. The predicted molar refractivity (Wildman–Crippen MR) is 78.2 cm³/mol. The van der Waals surface area contributed by atoms with Crippen LogP contribution in [0.1, 0.15) is 55.3 Å². The zero-order valence-corrected chi connectivity index (χ0v) is 11.8. The molecule has 0 aromatic carbocycles. The van der Waals surface area contributed by atoms with E-state index in [0.717, 1.165) is 18.9 Å². The first-order valence-electron chi connectivity index (χ1n) is 7.63. The van der Waals surface area contributed by atoms with Crippen LogP contribution in [-0.2, 0) is 0 Å². The lowest BCUT2D eigenvalue weighted by molar-refractivity contribution is 0.0696. The van der Waals surface area contributed by atoms with Gasteiger partial charge >= 0.3 is 5.97 Å². The summed E-state index contributed by atoms with van der Waals surface area (Å²) < 4.78 is 0. The highest BCUT2D eigenvalue weighted by molar-refractivity contribution is 5.88. The summed E-state index contributed by atoms with van der Waals surface area (Å²) >= 11 is 0. The third-order valence-electron chi connectivity index (χ3n) is 5.05. The maximum absolute atomic E-state index is 11.0. The van der Waals surface area contributed by atoms with Crippen molar-refractivity contribution in [3.05, 3.63) is 23.9 Å². The number of piperidine rings is 1. The van der Waals surface area contributed by atoms with Crippen LogP contribution >= 0.6 is 0 Å². The molecule has 108 valence electrons. The molecular formula is C16H22N2O2. The van der Waals surface area contributed by atoms with Crippen LogP contribution in [0.2, 0.25) is 0 Å². The maximum Gasteiger partial charge on any atom is 0.335 e. The van der Waals surface area contributed by atoms with Gasteiger partial charge in [-0.3, -0.25) is 0 Å². The molecule has 1 aromatic heterocycles. The molecule has 1 aromatic rings. The monoisotopic (exact) mass is 274 g/mol. The fraction of sp³-hybridized carbons (Fsp3) is 0.625. The van der Waals surface area contributed by atoms with E-state index in [2.05, 4.69) is 9.88 Å². The van der Waals surface area contributed by atoms with Crippen molar-refractivity contribution < 1.29 is 9.90 Å². The quantitative estimate of drug-likeness (QED) is 0.898. The van der Waals surface area contributed by atoms with E-state index in [0.29, 0.717) is 11.0 Å². The number of carboxylic acid groups (broad SMARTS) is 1. The minimum atomic E-state index is -0.880. The lowest BCUT2D eigenvalue weighted by Crippen LogP contribution is -2.41. The Morgan fingerprint density at radius 3 is 2.50 bits per heavy atom. The van der Waals surface area contributed by atoms with E-state index >= 15 is 0 Å². The number of aromatic nitrogens is 1. The first kappa shape index (κ1) is 13.4. The summed E-state index contributed by atoms with van der Waals surface area (Å²) in [6.07, 6.45) is 11.0. The number of nitrogens with zero attached hydrogens (tertiary/aromatic N) is 2. The predicted octanol–water partition coefficient (Wildman–Crippen LogP) is 3.33. The Morgan fingerprint density at radius 1 is 1.15 bits per heavy atom. The molecule has 1 aliphatic carbocycles. The van der Waals surface area contributed by atoms with Crippen LogP contribution in [-0.4, -0.2) is 29.1 Å². The molecule has 1 saturated carbocycles. The van der Waals surface area contributed by atoms with Gasteiger partial charge in [-0.2, -0.15) is 0 Å². The molecule has 4 heteroatoms. The Morgan fingerprint density at radius 2 is 1.85 bits per heavy atom. The third-order valence-corrected chi connectivity index (χ3v) is 5.05. The number of pyridine rings is 1.